The highest BCUT2D eigenvalue weighted by Crippen LogP contribution is 2.28. The molecule has 0 spiro atoms. The van der Waals surface area contributed by atoms with E-state index in [0.717, 1.165) is 19.3 Å². The van der Waals surface area contributed by atoms with Crippen molar-refractivity contribution in [3.63, 3.8) is 0 Å². The summed E-state index contributed by atoms with van der Waals surface area (Å²) in [5.74, 6) is 0.409. The minimum atomic E-state index is -0.549. The van der Waals surface area contributed by atoms with Gasteiger partial charge in [-0.25, -0.2) is 4.79 Å². The lowest BCUT2D eigenvalue weighted by Gasteiger charge is -2.36. The zero-order valence-electron chi connectivity index (χ0n) is 15.5. The number of likely N-dealkylation sites (tertiary alicyclic amines) is 2. The van der Waals surface area contributed by atoms with Crippen LogP contribution in [0.3, 0.4) is 0 Å². The maximum atomic E-state index is 12.9. The molecule has 7 heteroatoms. The summed E-state index contributed by atoms with van der Waals surface area (Å²) in [5.41, 5.74) is -0.549. The van der Waals surface area contributed by atoms with Crippen LogP contribution in [0.25, 0.3) is 0 Å². The quantitative estimate of drug-likeness (QED) is 0.759. The van der Waals surface area contributed by atoms with E-state index < -0.39 is 5.60 Å². The summed E-state index contributed by atoms with van der Waals surface area (Å²) in [6, 6.07) is -0.384. The Morgan fingerprint density at radius 3 is 2.24 bits per heavy atom. The van der Waals surface area contributed by atoms with Crippen LogP contribution in [0, 0.1) is 5.92 Å². The fraction of sp³-hybridized carbons (Fsp3) is 0.889. The number of ether oxygens (including phenoxy) is 3. The van der Waals surface area contributed by atoms with E-state index in [4.69, 9.17) is 14.2 Å². The van der Waals surface area contributed by atoms with Gasteiger partial charge in [0.05, 0.1) is 13.2 Å². The fourth-order valence-corrected chi connectivity index (χ4v) is 3.81. The lowest BCUT2D eigenvalue weighted by Crippen LogP contribution is -2.51. The Hall–Kier alpha value is -1.34. The SMILES string of the molecule is CC(C)(C)OC(=O)N1CCC[C@H]1C(=O)N1CCC(C2OCCO2)CC1. The lowest BCUT2D eigenvalue weighted by atomic mass is 9.95. The number of amides is 2. The van der Waals surface area contributed by atoms with Gasteiger partial charge in [-0.3, -0.25) is 9.69 Å². The van der Waals surface area contributed by atoms with Crippen molar-refractivity contribution in [1.29, 1.82) is 0 Å². The first-order valence-electron chi connectivity index (χ1n) is 9.37. The van der Waals surface area contributed by atoms with Crippen LogP contribution in [0.5, 0.6) is 0 Å². The van der Waals surface area contributed by atoms with Gasteiger partial charge < -0.3 is 19.1 Å². The molecule has 3 rings (SSSR count). The summed E-state index contributed by atoms with van der Waals surface area (Å²) < 4.78 is 16.6. The van der Waals surface area contributed by atoms with E-state index in [2.05, 4.69) is 0 Å². The largest absolute Gasteiger partial charge is 0.444 e. The highest BCUT2D eigenvalue weighted by molar-refractivity contribution is 5.86. The lowest BCUT2D eigenvalue weighted by molar-refractivity contribution is -0.141. The Bertz CT molecular complexity index is 490. The average Bonchev–Trinajstić information content (AvgIpc) is 3.24. The number of hydrogen-bond acceptors (Lipinski definition) is 5. The van der Waals surface area contributed by atoms with Crippen molar-refractivity contribution in [2.45, 2.75) is 64.4 Å². The minimum Gasteiger partial charge on any atom is -0.444 e. The van der Waals surface area contributed by atoms with Crippen molar-refractivity contribution in [2.24, 2.45) is 5.92 Å². The molecule has 3 aliphatic heterocycles. The Kier molecular flexibility index (Phi) is 5.53. The normalized spacial score (nSPS) is 26.3. The molecule has 0 aromatic rings. The zero-order chi connectivity index (χ0) is 18.0. The van der Waals surface area contributed by atoms with Crippen molar-refractivity contribution in [2.75, 3.05) is 32.8 Å². The predicted molar refractivity (Wildman–Crippen MR) is 91.0 cm³/mol. The second-order valence-electron chi connectivity index (χ2n) is 8.10. The topological polar surface area (TPSA) is 68.3 Å². The number of piperidine rings is 1. The Morgan fingerprint density at radius 1 is 1.00 bits per heavy atom. The maximum absolute atomic E-state index is 12.9. The Labute approximate surface area is 149 Å². The van der Waals surface area contributed by atoms with Crippen molar-refractivity contribution in [1.82, 2.24) is 9.80 Å². The van der Waals surface area contributed by atoms with Gasteiger partial charge in [-0.1, -0.05) is 0 Å². The molecule has 1 atom stereocenters. The second-order valence-corrected chi connectivity index (χ2v) is 8.10. The van der Waals surface area contributed by atoms with Crippen LogP contribution in [0.4, 0.5) is 4.79 Å². The minimum absolute atomic E-state index is 0.0510. The number of carbonyl (C=O) groups excluding carboxylic acids is 2. The standard InChI is InChI=1S/C18H30N2O5/c1-18(2,3)25-17(22)20-8-4-5-14(20)15(21)19-9-6-13(7-10-19)16-23-11-12-24-16/h13-14,16H,4-12H2,1-3H3/t14-/m0/s1. The van der Waals surface area contributed by atoms with Crippen LogP contribution in [-0.2, 0) is 19.0 Å². The van der Waals surface area contributed by atoms with E-state index in [1.807, 2.05) is 25.7 Å². The third-order valence-electron chi connectivity index (χ3n) is 5.05. The molecule has 0 unspecified atom stereocenters. The fourth-order valence-electron chi connectivity index (χ4n) is 3.81. The molecule has 0 aromatic heterocycles. The summed E-state index contributed by atoms with van der Waals surface area (Å²) in [7, 11) is 0. The molecular formula is C18H30N2O5. The molecule has 142 valence electrons. The van der Waals surface area contributed by atoms with Gasteiger partial charge >= 0.3 is 6.09 Å². The molecule has 3 saturated heterocycles. The Morgan fingerprint density at radius 2 is 1.64 bits per heavy atom. The number of nitrogens with zero attached hydrogens (tertiary/aromatic N) is 2. The maximum Gasteiger partial charge on any atom is 0.410 e. The van der Waals surface area contributed by atoms with Crippen LogP contribution in [0.1, 0.15) is 46.5 Å². The summed E-state index contributed by atoms with van der Waals surface area (Å²) in [5, 5.41) is 0. The predicted octanol–water partition coefficient (Wildman–Crippen LogP) is 2.00. The molecule has 0 saturated carbocycles. The van der Waals surface area contributed by atoms with Gasteiger partial charge in [0.2, 0.25) is 5.91 Å². The first-order valence-corrected chi connectivity index (χ1v) is 9.37. The molecule has 3 aliphatic rings. The molecular weight excluding hydrogens is 324 g/mol. The van der Waals surface area contributed by atoms with E-state index in [9.17, 15) is 9.59 Å². The van der Waals surface area contributed by atoms with E-state index in [0.29, 0.717) is 45.2 Å². The van der Waals surface area contributed by atoms with Crippen molar-refractivity contribution in [3.05, 3.63) is 0 Å². The highest BCUT2D eigenvalue weighted by atomic mass is 16.7. The molecule has 3 fully saturated rings. The van der Waals surface area contributed by atoms with Crippen molar-refractivity contribution >= 4 is 12.0 Å². The van der Waals surface area contributed by atoms with Gasteiger partial charge in [-0.05, 0) is 46.5 Å². The smallest absolute Gasteiger partial charge is 0.410 e. The summed E-state index contributed by atoms with van der Waals surface area (Å²) >= 11 is 0. The second kappa shape index (κ2) is 7.50. The third-order valence-corrected chi connectivity index (χ3v) is 5.05. The van der Waals surface area contributed by atoms with E-state index in [1.165, 1.54) is 0 Å². The Balaban J connectivity index is 1.54. The van der Waals surface area contributed by atoms with Crippen LogP contribution in [-0.4, -0.2) is 72.6 Å². The van der Waals surface area contributed by atoms with Gasteiger partial charge in [0, 0.05) is 25.6 Å². The van der Waals surface area contributed by atoms with Gasteiger partial charge in [0.25, 0.3) is 0 Å². The number of carbonyl (C=O) groups is 2. The third kappa shape index (κ3) is 4.44. The first-order chi connectivity index (χ1) is 11.8. The van der Waals surface area contributed by atoms with Crippen molar-refractivity contribution in [3.8, 4) is 0 Å². The molecule has 25 heavy (non-hydrogen) atoms. The molecule has 0 radical (unpaired) electrons. The molecule has 0 bridgehead atoms. The molecule has 0 aliphatic carbocycles. The van der Waals surface area contributed by atoms with Gasteiger partial charge in [-0.15, -0.1) is 0 Å². The van der Waals surface area contributed by atoms with E-state index >= 15 is 0 Å². The van der Waals surface area contributed by atoms with Crippen LogP contribution >= 0.6 is 0 Å². The van der Waals surface area contributed by atoms with Gasteiger partial charge in [0.15, 0.2) is 6.29 Å². The zero-order valence-corrected chi connectivity index (χ0v) is 15.5. The van der Waals surface area contributed by atoms with Gasteiger partial charge in [0.1, 0.15) is 11.6 Å². The monoisotopic (exact) mass is 354 g/mol. The summed E-state index contributed by atoms with van der Waals surface area (Å²) in [6.07, 6.45) is 2.83. The van der Waals surface area contributed by atoms with E-state index in [-0.39, 0.29) is 24.3 Å². The van der Waals surface area contributed by atoms with Crippen LogP contribution < -0.4 is 0 Å². The molecule has 3 heterocycles. The molecule has 0 aromatic carbocycles. The van der Waals surface area contributed by atoms with Crippen LogP contribution in [0.15, 0.2) is 0 Å². The molecule has 7 nitrogen and oxygen atoms in total. The van der Waals surface area contributed by atoms with Gasteiger partial charge in [-0.2, -0.15) is 0 Å². The van der Waals surface area contributed by atoms with E-state index in [1.54, 1.807) is 4.90 Å². The summed E-state index contributed by atoms with van der Waals surface area (Å²) in [6.45, 7) is 8.84. The number of hydrogen-bond donors (Lipinski definition) is 0. The van der Waals surface area contributed by atoms with Crippen LogP contribution in [0.2, 0.25) is 0 Å². The highest BCUT2D eigenvalue weighted by Gasteiger charge is 2.40. The summed E-state index contributed by atoms with van der Waals surface area (Å²) in [4.78, 5) is 28.8. The number of rotatable bonds is 2. The molecule has 2 amide bonds. The van der Waals surface area contributed by atoms with Crippen molar-refractivity contribution < 1.29 is 23.8 Å². The molecule has 0 N–H and O–H groups in total. The average molecular weight is 354 g/mol. The first kappa shape index (κ1) is 18.5.